The Morgan fingerprint density at radius 1 is 0.846 bits per heavy atom. The molecule has 4 aromatic carbocycles. The summed E-state index contributed by atoms with van der Waals surface area (Å²) in [5.74, 6) is -1.86. The van der Waals surface area contributed by atoms with E-state index in [1.54, 1.807) is 24.3 Å². The molecule has 270 valence electrons. The van der Waals surface area contributed by atoms with Crippen LogP contribution < -0.4 is 21.7 Å². The molecule has 52 heavy (non-hydrogen) atoms. The van der Waals surface area contributed by atoms with Crippen molar-refractivity contribution in [3.05, 3.63) is 129 Å². The van der Waals surface area contributed by atoms with E-state index >= 15 is 0 Å². The Balaban J connectivity index is 1.20. The van der Waals surface area contributed by atoms with Gasteiger partial charge in [-0.25, -0.2) is 9.59 Å². The molecule has 0 aliphatic heterocycles. The number of hydrogen-bond acceptors (Lipinski definition) is 7. The molecule has 1 aliphatic carbocycles. The zero-order valence-corrected chi connectivity index (χ0v) is 29.2. The van der Waals surface area contributed by atoms with E-state index in [0.717, 1.165) is 33.4 Å². The largest absolute Gasteiger partial charge is 0.449 e. The highest BCUT2D eigenvalue weighted by molar-refractivity contribution is 5.97. The Hall–Kier alpha value is -6.04. The van der Waals surface area contributed by atoms with Gasteiger partial charge in [0.25, 0.3) is 5.69 Å². The number of carbonyl (C=O) groups is 4. The lowest BCUT2D eigenvalue weighted by molar-refractivity contribution is -0.384. The van der Waals surface area contributed by atoms with E-state index in [4.69, 9.17) is 10.5 Å². The summed E-state index contributed by atoms with van der Waals surface area (Å²) in [6, 6.07) is 28.0. The zero-order valence-electron chi connectivity index (χ0n) is 29.2. The van der Waals surface area contributed by atoms with Crippen LogP contribution in [-0.2, 0) is 20.7 Å². The topological polar surface area (TPSA) is 183 Å². The van der Waals surface area contributed by atoms with Crippen molar-refractivity contribution in [1.82, 2.24) is 10.6 Å². The molecule has 5 rings (SSSR count). The van der Waals surface area contributed by atoms with Crippen molar-refractivity contribution in [3.63, 3.8) is 0 Å². The summed E-state index contributed by atoms with van der Waals surface area (Å²) >= 11 is 0. The van der Waals surface area contributed by atoms with Gasteiger partial charge in [0.1, 0.15) is 6.61 Å². The summed E-state index contributed by atoms with van der Waals surface area (Å²) in [5.41, 5.74) is 12.0. The van der Waals surface area contributed by atoms with Gasteiger partial charge < -0.3 is 26.4 Å². The van der Waals surface area contributed by atoms with Gasteiger partial charge in [-0.15, -0.1) is 0 Å². The molecule has 4 amide bonds. The fourth-order valence-electron chi connectivity index (χ4n) is 6.56. The van der Waals surface area contributed by atoms with Crippen molar-refractivity contribution in [2.24, 2.45) is 17.6 Å². The van der Waals surface area contributed by atoms with E-state index in [-0.39, 0.29) is 55.2 Å². The number of rotatable bonds is 16. The van der Waals surface area contributed by atoms with Gasteiger partial charge in [-0.1, -0.05) is 86.6 Å². The molecule has 0 fully saturated rings. The predicted octanol–water partition coefficient (Wildman–Crippen LogP) is 6.71. The SMILES string of the molecule is CC(C)[C@H](NC(=O)OCC1c2ccccc2-c2ccccc21)C(=O)C[C@@H](CCCNC(N)=O)C(=O)Nc1ccc(Cc2ccc([N+](=O)[O-])cc2)cc1. The number of amides is 4. The van der Waals surface area contributed by atoms with Gasteiger partial charge >= 0.3 is 12.1 Å². The van der Waals surface area contributed by atoms with Gasteiger partial charge in [0.2, 0.25) is 5.91 Å². The Kier molecular flexibility index (Phi) is 12.4. The first-order valence-electron chi connectivity index (χ1n) is 17.3. The molecule has 0 bridgehead atoms. The van der Waals surface area contributed by atoms with Crippen LogP contribution in [0.2, 0.25) is 0 Å². The van der Waals surface area contributed by atoms with Crippen LogP contribution in [0.4, 0.5) is 21.0 Å². The normalized spacial score (nSPS) is 13.0. The summed E-state index contributed by atoms with van der Waals surface area (Å²) < 4.78 is 5.70. The number of anilines is 1. The van der Waals surface area contributed by atoms with Gasteiger partial charge in [-0.3, -0.25) is 19.7 Å². The predicted molar refractivity (Wildman–Crippen MR) is 198 cm³/mol. The number of ketones is 1. The van der Waals surface area contributed by atoms with Crippen LogP contribution >= 0.6 is 0 Å². The monoisotopic (exact) mass is 705 g/mol. The summed E-state index contributed by atoms with van der Waals surface area (Å²) in [6.07, 6.45) is 0.367. The molecule has 12 nitrogen and oxygen atoms in total. The molecule has 12 heteroatoms. The number of ether oxygens (including phenoxy) is 1. The van der Waals surface area contributed by atoms with Crippen molar-refractivity contribution in [1.29, 1.82) is 0 Å². The fraction of sp³-hybridized carbons (Fsp3) is 0.300. The van der Waals surface area contributed by atoms with Crippen LogP contribution in [0.5, 0.6) is 0 Å². The highest BCUT2D eigenvalue weighted by Gasteiger charge is 2.32. The Morgan fingerprint density at radius 2 is 1.42 bits per heavy atom. The van der Waals surface area contributed by atoms with E-state index in [0.29, 0.717) is 18.5 Å². The first kappa shape index (κ1) is 37.2. The lowest BCUT2D eigenvalue weighted by Gasteiger charge is -2.24. The maximum Gasteiger partial charge on any atom is 0.407 e. The van der Waals surface area contributed by atoms with Crippen molar-refractivity contribution in [2.75, 3.05) is 18.5 Å². The second kappa shape index (κ2) is 17.3. The number of primary amides is 1. The van der Waals surface area contributed by atoms with E-state index in [9.17, 15) is 29.3 Å². The van der Waals surface area contributed by atoms with Gasteiger partial charge in [0, 0.05) is 42.6 Å². The molecule has 0 heterocycles. The van der Waals surface area contributed by atoms with E-state index in [2.05, 4.69) is 28.1 Å². The molecule has 0 aromatic heterocycles. The minimum absolute atomic E-state index is 0.0213. The maximum atomic E-state index is 13.7. The first-order chi connectivity index (χ1) is 25.0. The molecular weight excluding hydrogens is 662 g/mol. The number of nitrogens with two attached hydrogens (primary N) is 1. The second-order valence-electron chi connectivity index (χ2n) is 13.3. The second-order valence-corrected chi connectivity index (χ2v) is 13.3. The van der Waals surface area contributed by atoms with Crippen molar-refractivity contribution in [2.45, 2.75) is 51.5 Å². The van der Waals surface area contributed by atoms with Crippen LogP contribution in [-0.4, -0.2) is 47.9 Å². The molecule has 0 unspecified atom stereocenters. The van der Waals surface area contributed by atoms with Crippen molar-refractivity contribution in [3.8, 4) is 11.1 Å². The molecule has 0 saturated heterocycles. The number of nitrogens with zero attached hydrogens (tertiary/aromatic N) is 1. The molecule has 4 aromatic rings. The molecular formula is C40H43N5O7. The average Bonchev–Trinajstić information content (AvgIpc) is 3.45. The van der Waals surface area contributed by atoms with Crippen LogP contribution in [0.15, 0.2) is 97.1 Å². The number of nitrogens with one attached hydrogen (secondary N) is 3. The summed E-state index contributed by atoms with van der Waals surface area (Å²) in [7, 11) is 0. The van der Waals surface area contributed by atoms with Gasteiger partial charge in [-0.2, -0.15) is 0 Å². The third-order valence-corrected chi connectivity index (χ3v) is 9.25. The molecule has 5 N–H and O–H groups in total. The Bertz CT molecular complexity index is 1860. The number of Topliss-reactive ketones (excluding diaryl/α,β-unsaturated/α-hetero) is 1. The highest BCUT2D eigenvalue weighted by Crippen LogP contribution is 2.44. The summed E-state index contributed by atoms with van der Waals surface area (Å²) in [5, 5.41) is 19.1. The standard InChI is InChI=1S/C40H43N5O7/c1-25(2)37(44-40(49)52-24-35-33-11-5-3-9-31(33)32-10-4-6-12-34(32)35)36(46)23-28(8-7-21-42-39(41)48)38(47)43-29-17-13-26(14-18-29)22-27-15-19-30(20-16-27)45(50)51/h3-6,9-20,25,28,35,37H,7-8,21-24H2,1-2H3,(H,43,47)(H,44,49)(H3,41,42,48)/t28-,37+/m1/s1. The smallest absolute Gasteiger partial charge is 0.407 e. The van der Waals surface area contributed by atoms with Crippen LogP contribution in [0.25, 0.3) is 11.1 Å². The summed E-state index contributed by atoms with van der Waals surface area (Å²) in [4.78, 5) is 62.1. The third kappa shape index (κ3) is 9.59. The average molecular weight is 706 g/mol. The van der Waals surface area contributed by atoms with Crippen LogP contribution in [0.1, 0.15) is 61.3 Å². The number of alkyl carbamates (subject to hydrolysis) is 1. The molecule has 0 saturated carbocycles. The third-order valence-electron chi connectivity index (χ3n) is 9.25. The first-order valence-corrected chi connectivity index (χ1v) is 17.3. The van der Waals surface area contributed by atoms with Crippen molar-refractivity contribution < 1.29 is 28.8 Å². The maximum absolute atomic E-state index is 13.7. The Morgan fingerprint density at radius 3 is 1.98 bits per heavy atom. The number of nitro groups is 1. The van der Waals surface area contributed by atoms with E-state index in [1.807, 2.05) is 62.4 Å². The number of urea groups is 1. The molecule has 0 spiro atoms. The minimum Gasteiger partial charge on any atom is -0.449 e. The minimum atomic E-state index is -0.895. The number of hydrogen-bond donors (Lipinski definition) is 4. The summed E-state index contributed by atoms with van der Waals surface area (Å²) in [6.45, 7) is 3.96. The molecule has 1 aliphatic rings. The number of non-ortho nitro benzene ring substituents is 1. The Labute approximate surface area is 302 Å². The highest BCUT2D eigenvalue weighted by atomic mass is 16.6. The number of nitro benzene ring substituents is 1. The van der Waals surface area contributed by atoms with Crippen LogP contribution in [0.3, 0.4) is 0 Å². The molecule has 2 atom stereocenters. The fourth-order valence-corrected chi connectivity index (χ4v) is 6.56. The zero-order chi connectivity index (χ0) is 37.2. The van der Waals surface area contributed by atoms with Gasteiger partial charge in [-0.05, 0) is 70.7 Å². The van der Waals surface area contributed by atoms with E-state index in [1.165, 1.54) is 12.1 Å². The van der Waals surface area contributed by atoms with Gasteiger partial charge in [0.15, 0.2) is 5.78 Å². The number of fused-ring (bicyclic) bond motifs is 3. The number of benzene rings is 4. The van der Waals surface area contributed by atoms with E-state index < -0.39 is 29.0 Å². The molecule has 0 radical (unpaired) electrons. The van der Waals surface area contributed by atoms with Crippen molar-refractivity contribution >= 4 is 35.2 Å². The van der Waals surface area contributed by atoms with Crippen LogP contribution in [0, 0.1) is 22.0 Å². The lowest BCUT2D eigenvalue weighted by Crippen LogP contribution is -2.46. The quantitative estimate of drug-likeness (QED) is 0.0567. The number of carbonyl (C=O) groups excluding carboxylic acids is 4. The van der Waals surface area contributed by atoms with Gasteiger partial charge in [0.05, 0.1) is 11.0 Å². The lowest BCUT2D eigenvalue weighted by atomic mass is 9.89.